The van der Waals surface area contributed by atoms with Crippen molar-refractivity contribution >= 4 is 23.7 Å². The molecule has 3 aromatic carbocycles. The highest BCUT2D eigenvalue weighted by atomic mass is 16.6. The van der Waals surface area contributed by atoms with Gasteiger partial charge in [0.2, 0.25) is 0 Å². The van der Waals surface area contributed by atoms with Crippen molar-refractivity contribution in [2.75, 3.05) is 20.8 Å². The predicted octanol–water partition coefficient (Wildman–Crippen LogP) is 7.36. The summed E-state index contributed by atoms with van der Waals surface area (Å²) in [6.45, 7) is 3.45. The summed E-state index contributed by atoms with van der Waals surface area (Å²) >= 11 is 0. The summed E-state index contributed by atoms with van der Waals surface area (Å²) in [5.41, 5.74) is 0.675. The molecule has 0 bridgehead atoms. The van der Waals surface area contributed by atoms with Crippen molar-refractivity contribution in [1.29, 1.82) is 0 Å². The minimum atomic E-state index is -0.712. The van der Waals surface area contributed by atoms with Gasteiger partial charge in [0.1, 0.15) is 29.5 Å². The molecule has 0 aromatic heterocycles. The number of carbonyl (C=O) groups is 4. The first-order chi connectivity index (χ1) is 24.7. The Morgan fingerprint density at radius 3 is 1.90 bits per heavy atom. The number of para-hydroxylation sites is 1. The van der Waals surface area contributed by atoms with E-state index in [4.69, 9.17) is 28.4 Å². The largest absolute Gasteiger partial charge is 0.497 e. The summed E-state index contributed by atoms with van der Waals surface area (Å²) in [5, 5.41) is 0. The number of hydrogen-bond acceptors (Lipinski definition) is 10. The molecule has 0 amide bonds. The molecule has 4 rings (SSSR count). The summed E-state index contributed by atoms with van der Waals surface area (Å²) < 4.78 is 33.5. The van der Waals surface area contributed by atoms with E-state index in [0.29, 0.717) is 54.1 Å². The zero-order valence-corrected chi connectivity index (χ0v) is 29.5. The lowest BCUT2D eigenvalue weighted by atomic mass is 9.89. The Labute approximate surface area is 299 Å². The summed E-state index contributed by atoms with van der Waals surface area (Å²) in [7, 11) is 3.08. The van der Waals surface area contributed by atoms with Crippen molar-refractivity contribution in [2.24, 2.45) is 11.8 Å². The van der Waals surface area contributed by atoms with E-state index in [0.717, 1.165) is 0 Å². The fourth-order valence-electron chi connectivity index (χ4n) is 5.78. The van der Waals surface area contributed by atoms with E-state index in [1.807, 2.05) is 44.2 Å². The molecular weight excluding hydrogens is 652 g/mol. The number of ether oxygens (including phenoxy) is 6. The van der Waals surface area contributed by atoms with E-state index in [-0.39, 0.29) is 36.8 Å². The Bertz CT molecular complexity index is 1630. The van der Waals surface area contributed by atoms with Crippen LogP contribution in [-0.2, 0) is 23.8 Å². The minimum absolute atomic E-state index is 0.165. The van der Waals surface area contributed by atoms with Crippen molar-refractivity contribution in [3.63, 3.8) is 0 Å². The lowest BCUT2D eigenvalue weighted by Crippen LogP contribution is -2.26. The first-order valence-corrected chi connectivity index (χ1v) is 17.1. The van der Waals surface area contributed by atoms with E-state index >= 15 is 0 Å². The molecular formula is C41H46O10. The van der Waals surface area contributed by atoms with Crippen molar-refractivity contribution in [3.8, 4) is 17.2 Å². The monoisotopic (exact) mass is 698 g/mol. The van der Waals surface area contributed by atoms with Crippen molar-refractivity contribution in [1.82, 2.24) is 0 Å². The molecule has 1 fully saturated rings. The average Bonchev–Trinajstić information content (AvgIpc) is 3.45. The second kappa shape index (κ2) is 19.7. The van der Waals surface area contributed by atoms with Crippen LogP contribution in [0.25, 0.3) is 0 Å². The van der Waals surface area contributed by atoms with Crippen LogP contribution < -0.4 is 14.2 Å². The van der Waals surface area contributed by atoms with Crippen molar-refractivity contribution in [3.05, 3.63) is 114 Å². The van der Waals surface area contributed by atoms with E-state index in [1.165, 1.54) is 13.2 Å². The Balaban J connectivity index is 1.56. The van der Waals surface area contributed by atoms with Crippen LogP contribution in [0, 0.1) is 11.8 Å². The molecule has 10 nitrogen and oxygen atoms in total. The molecule has 0 saturated heterocycles. The smallest absolute Gasteiger partial charge is 0.338 e. The van der Waals surface area contributed by atoms with Gasteiger partial charge in [-0.1, -0.05) is 36.4 Å². The van der Waals surface area contributed by atoms with Crippen LogP contribution in [0.4, 0.5) is 0 Å². The van der Waals surface area contributed by atoms with Crippen LogP contribution >= 0.6 is 0 Å². The first kappa shape index (κ1) is 38.4. The molecule has 4 unspecified atom stereocenters. The van der Waals surface area contributed by atoms with E-state index in [1.54, 1.807) is 73.8 Å². The second-order valence-electron chi connectivity index (χ2n) is 12.4. The minimum Gasteiger partial charge on any atom is -0.497 e. The van der Waals surface area contributed by atoms with Gasteiger partial charge in [-0.25, -0.2) is 9.59 Å². The van der Waals surface area contributed by atoms with Gasteiger partial charge in [-0.3, -0.25) is 9.59 Å². The van der Waals surface area contributed by atoms with Crippen LogP contribution in [-0.4, -0.2) is 62.8 Å². The Morgan fingerprint density at radius 2 is 1.33 bits per heavy atom. The van der Waals surface area contributed by atoms with Gasteiger partial charge in [0.05, 0.1) is 31.5 Å². The first-order valence-electron chi connectivity index (χ1n) is 17.1. The number of methoxy groups -OCH3 is 2. The van der Waals surface area contributed by atoms with Gasteiger partial charge in [-0.05, 0) is 99.8 Å². The fourth-order valence-corrected chi connectivity index (χ4v) is 5.78. The maximum atomic E-state index is 13.4. The van der Waals surface area contributed by atoms with Gasteiger partial charge in [0.15, 0.2) is 12.4 Å². The predicted molar refractivity (Wildman–Crippen MR) is 191 cm³/mol. The summed E-state index contributed by atoms with van der Waals surface area (Å²) in [6, 6.07) is 22.2. The van der Waals surface area contributed by atoms with Gasteiger partial charge in [-0.15, -0.1) is 0 Å². The third-order valence-corrected chi connectivity index (χ3v) is 8.36. The maximum Gasteiger partial charge on any atom is 0.338 e. The van der Waals surface area contributed by atoms with Crippen LogP contribution in [0.1, 0.15) is 66.7 Å². The number of rotatable bonds is 18. The number of allylic oxidation sites excluding steroid dienone is 2. The number of esters is 3. The topological polar surface area (TPSA) is 124 Å². The molecule has 0 aliphatic heterocycles. The van der Waals surface area contributed by atoms with E-state index in [2.05, 4.69) is 0 Å². The van der Waals surface area contributed by atoms with Crippen LogP contribution in [0.5, 0.6) is 17.2 Å². The number of unbranched alkanes of at least 4 members (excludes halogenated alkanes) is 1. The highest BCUT2D eigenvalue weighted by molar-refractivity contribution is 5.91. The molecule has 270 valence electrons. The SMILES string of the molecule is COc1ccc(C(=O)OC2CC(OC(=O)c3ccc(OC)cc3)C(CC=CCCCC(=O)OC(C)C)C2C=CC(=O)COc2ccccc2)cc1. The summed E-state index contributed by atoms with van der Waals surface area (Å²) in [4.78, 5) is 51.7. The zero-order chi connectivity index (χ0) is 36.6. The Kier molecular flexibility index (Phi) is 14.9. The van der Waals surface area contributed by atoms with Crippen LogP contribution in [0.2, 0.25) is 0 Å². The molecule has 1 aliphatic rings. The maximum absolute atomic E-state index is 13.4. The fraction of sp³-hybridized carbons (Fsp3) is 0.366. The highest BCUT2D eigenvalue weighted by Crippen LogP contribution is 2.41. The van der Waals surface area contributed by atoms with Crippen molar-refractivity contribution in [2.45, 2.75) is 64.3 Å². The molecule has 1 aliphatic carbocycles. The Hall–Kier alpha value is -5.38. The molecule has 1 saturated carbocycles. The molecule has 4 atom stereocenters. The van der Waals surface area contributed by atoms with Crippen LogP contribution in [0.3, 0.4) is 0 Å². The van der Waals surface area contributed by atoms with E-state index in [9.17, 15) is 19.2 Å². The van der Waals surface area contributed by atoms with Gasteiger partial charge in [0.25, 0.3) is 0 Å². The van der Waals surface area contributed by atoms with E-state index < -0.39 is 30.1 Å². The normalized spacial score (nSPS) is 18.5. The van der Waals surface area contributed by atoms with Gasteiger partial charge in [-0.2, -0.15) is 0 Å². The summed E-state index contributed by atoms with van der Waals surface area (Å²) in [5.74, 6) is -0.662. The number of ketones is 1. The Morgan fingerprint density at radius 1 is 0.745 bits per heavy atom. The number of benzene rings is 3. The second-order valence-corrected chi connectivity index (χ2v) is 12.4. The third-order valence-electron chi connectivity index (χ3n) is 8.36. The standard InChI is InChI=1S/C41H46O10/c1-28(2)49-39(43)15-11-6-5-10-14-35-36(25-20-31(42)27-48-34-12-8-7-9-13-34)38(51-41(45)30-18-23-33(47-4)24-19-30)26-37(35)50-40(44)29-16-21-32(46-3)22-17-29/h5,7-10,12-13,16-25,28,35-38H,6,11,14-15,26-27H2,1-4H3. The number of hydrogen-bond donors (Lipinski definition) is 0. The van der Waals surface area contributed by atoms with Gasteiger partial charge < -0.3 is 28.4 Å². The van der Waals surface area contributed by atoms with Crippen molar-refractivity contribution < 1.29 is 47.6 Å². The lowest BCUT2D eigenvalue weighted by molar-refractivity contribution is -0.147. The van der Waals surface area contributed by atoms with Gasteiger partial charge in [0, 0.05) is 24.7 Å². The highest BCUT2D eigenvalue weighted by Gasteiger charge is 2.46. The molecule has 0 heterocycles. The number of carbonyl (C=O) groups excluding carboxylic acids is 4. The lowest BCUT2D eigenvalue weighted by Gasteiger charge is -2.23. The molecule has 0 N–H and O–H groups in total. The van der Waals surface area contributed by atoms with Gasteiger partial charge >= 0.3 is 17.9 Å². The molecule has 0 radical (unpaired) electrons. The average molecular weight is 699 g/mol. The quantitative estimate of drug-likeness (QED) is 0.0438. The summed E-state index contributed by atoms with van der Waals surface area (Å²) in [6.07, 6.45) is 7.81. The molecule has 3 aromatic rings. The van der Waals surface area contributed by atoms with Crippen LogP contribution in [0.15, 0.2) is 103 Å². The zero-order valence-electron chi connectivity index (χ0n) is 29.5. The molecule has 10 heteroatoms. The molecule has 0 spiro atoms. The molecule has 51 heavy (non-hydrogen) atoms. The third kappa shape index (κ3) is 12.2.